The topological polar surface area (TPSA) is 9.23 Å². The van der Waals surface area contributed by atoms with Crippen LogP contribution in [0.1, 0.15) is 53.9 Å². The lowest BCUT2D eigenvalue weighted by Crippen LogP contribution is -2.37. The van der Waals surface area contributed by atoms with Crippen molar-refractivity contribution in [3.63, 3.8) is 0 Å². The van der Waals surface area contributed by atoms with Crippen LogP contribution in [0.3, 0.4) is 0 Å². The molecule has 4 unspecified atom stereocenters. The van der Waals surface area contributed by atoms with Gasteiger partial charge in [0.15, 0.2) is 7.28 Å². The molecule has 16 heavy (non-hydrogen) atoms. The van der Waals surface area contributed by atoms with Crippen molar-refractivity contribution in [2.45, 2.75) is 72.3 Å². The highest BCUT2D eigenvalue weighted by Crippen LogP contribution is 2.47. The van der Waals surface area contributed by atoms with Gasteiger partial charge in [-0.15, -0.1) is 0 Å². The summed E-state index contributed by atoms with van der Waals surface area (Å²) < 4.78 is 6.47. The first-order valence-electron chi connectivity index (χ1n) is 7.18. The maximum Gasteiger partial charge on any atom is 0.154 e. The highest BCUT2D eigenvalue weighted by atomic mass is 16.5. The third kappa shape index (κ3) is 2.47. The monoisotopic (exact) mass is 224 g/mol. The van der Waals surface area contributed by atoms with Gasteiger partial charge in [-0.25, -0.2) is 0 Å². The van der Waals surface area contributed by atoms with Crippen molar-refractivity contribution in [2.24, 2.45) is 17.8 Å². The van der Waals surface area contributed by atoms with Crippen LogP contribution in [0.5, 0.6) is 0 Å². The molecule has 1 aliphatic rings. The van der Waals surface area contributed by atoms with Gasteiger partial charge in [0.05, 0.1) is 5.60 Å². The molecular weight excluding hydrogens is 195 g/mol. The molecule has 1 heterocycles. The van der Waals surface area contributed by atoms with Crippen molar-refractivity contribution in [1.29, 1.82) is 0 Å². The minimum atomic E-state index is 0.170. The molecule has 0 aromatic rings. The number of hydrogen-bond donors (Lipinski definition) is 0. The summed E-state index contributed by atoms with van der Waals surface area (Å²) >= 11 is 0. The quantitative estimate of drug-likeness (QED) is 0.647. The molecule has 0 N–H and O–H groups in total. The third-order valence-electron chi connectivity index (χ3n) is 4.48. The second-order valence-corrected chi connectivity index (χ2v) is 5.95. The Morgan fingerprint density at radius 3 is 2.31 bits per heavy atom. The summed E-state index contributed by atoms with van der Waals surface area (Å²) in [6.07, 6.45) is 3.66. The first kappa shape index (κ1) is 14.1. The van der Waals surface area contributed by atoms with E-state index in [2.05, 4.69) is 41.4 Å². The van der Waals surface area contributed by atoms with E-state index < -0.39 is 0 Å². The lowest BCUT2D eigenvalue weighted by Gasteiger charge is -2.36. The lowest BCUT2D eigenvalue weighted by atomic mass is 9.65. The lowest BCUT2D eigenvalue weighted by molar-refractivity contribution is -0.0536. The normalized spacial score (nSPS) is 39.3. The number of ether oxygens (including phenoxy) is 1. The van der Waals surface area contributed by atoms with Crippen LogP contribution in [0.15, 0.2) is 0 Å². The SMILES string of the molecule is CBC1OC(CC)(CC(C)C)C(CC)C1C. The Kier molecular flexibility index (Phi) is 4.91. The van der Waals surface area contributed by atoms with Gasteiger partial charge in [0.2, 0.25) is 0 Å². The van der Waals surface area contributed by atoms with Gasteiger partial charge >= 0.3 is 0 Å². The van der Waals surface area contributed by atoms with Crippen molar-refractivity contribution in [3.8, 4) is 0 Å². The highest BCUT2D eigenvalue weighted by molar-refractivity contribution is 6.35. The van der Waals surface area contributed by atoms with Gasteiger partial charge in [-0.1, -0.05) is 47.9 Å². The Morgan fingerprint density at radius 1 is 1.31 bits per heavy atom. The molecule has 1 aliphatic heterocycles. The molecule has 0 spiro atoms. The van der Waals surface area contributed by atoms with Gasteiger partial charge in [0.25, 0.3) is 0 Å². The maximum atomic E-state index is 6.47. The molecule has 1 fully saturated rings. The second kappa shape index (κ2) is 5.57. The summed E-state index contributed by atoms with van der Waals surface area (Å²) in [5, 5.41) is 0. The second-order valence-electron chi connectivity index (χ2n) is 5.95. The Labute approximate surface area is 103 Å². The van der Waals surface area contributed by atoms with Crippen LogP contribution < -0.4 is 0 Å². The molecule has 1 rings (SSSR count). The molecule has 1 saturated heterocycles. The molecular formula is C14H29BO. The summed E-state index contributed by atoms with van der Waals surface area (Å²) in [7, 11) is 1.16. The zero-order valence-electron chi connectivity index (χ0n) is 12.0. The van der Waals surface area contributed by atoms with Crippen LogP contribution in [-0.4, -0.2) is 18.9 Å². The van der Waals surface area contributed by atoms with Crippen LogP contribution in [-0.2, 0) is 4.74 Å². The summed E-state index contributed by atoms with van der Waals surface area (Å²) in [4.78, 5) is 0. The Hall–Kier alpha value is 0.0249. The van der Waals surface area contributed by atoms with Crippen LogP contribution >= 0.6 is 0 Å². The van der Waals surface area contributed by atoms with Crippen molar-refractivity contribution >= 4 is 7.28 Å². The molecule has 1 nitrogen and oxygen atoms in total. The molecule has 0 bridgehead atoms. The molecule has 0 saturated carbocycles. The minimum absolute atomic E-state index is 0.170. The van der Waals surface area contributed by atoms with E-state index in [9.17, 15) is 0 Å². The molecule has 0 aliphatic carbocycles. The van der Waals surface area contributed by atoms with E-state index in [4.69, 9.17) is 4.74 Å². The molecule has 4 atom stereocenters. The maximum absolute atomic E-state index is 6.47. The average Bonchev–Trinajstić information content (AvgIpc) is 2.50. The summed E-state index contributed by atoms with van der Waals surface area (Å²) in [5.41, 5.74) is 0.170. The first-order valence-corrected chi connectivity index (χ1v) is 7.18. The Morgan fingerprint density at radius 2 is 1.94 bits per heavy atom. The molecule has 0 aromatic heterocycles. The van der Waals surface area contributed by atoms with Crippen LogP contribution in [0.25, 0.3) is 0 Å². The molecule has 0 amide bonds. The van der Waals surface area contributed by atoms with E-state index in [1.807, 2.05) is 0 Å². The van der Waals surface area contributed by atoms with E-state index in [1.54, 1.807) is 0 Å². The number of hydrogen-bond acceptors (Lipinski definition) is 1. The fourth-order valence-electron chi connectivity index (χ4n) is 3.81. The smallest absolute Gasteiger partial charge is 0.154 e. The summed E-state index contributed by atoms with van der Waals surface area (Å²) in [6, 6.07) is 0.489. The summed E-state index contributed by atoms with van der Waals surface area (Å²) in [6.45, 7) is 13.9. The average molecular weight is 224 g/mol. The predicted molar refractivity (Wildman–Crippen MR) is 73.3 cm³/mol. The molecule has 0 radical (unpaired) electrons. The molecule has 0 aromatic carbocycles. The van der Waals surface area contributed by atoms with Gasteiger partial charge in [-0.3, -0.25) is 0 Å². The van der Waals surface area contributed by atoms with Crippen LogP contribution in [0.4, 0.5) is 0 Å². The Balaban J connectivity index is 2.89. The fourth-order valence-corrected chi connectivity index (χ4v) is 3.81. The van der Waals surface area contributed by atoms with Crippen LogP contribution in [0, 0.1) is 17.8 Å². The van der Waals surface area contributed by atoms with Gasteiger partial charge < -0.3 is 4.74 Å². The van der Waals surface area contributed by atoms with Gasteiger partial charge in [-0.05, 0) is 30.6 Å². The van der Waals surface area contributed by atoms with E-state index in [0.717, 1.165) is 25.0 Å². The highest BCUT2D eigenvalue weighted by Gasteiger charge is 2.50. The van der Waals surface area contributed by atoms with E-state index in [-0.39, 0.29) is 5.60 Å². The van der Waals surface area contributed by atoms with Gasteiger partial charge in [0, 0.05) is 6.00 Å². The van der Waals surface area contributed by atoms with Gasteiger partial charge in [0.1, 0.15) is 0 Å². The predicted octanol–water partition coefficient (Wildman–Crippen LogP) is 3.68. The largest absolute Gasteiger partial charge is 0.380 e. The number of rotatable bonds is 5. The fraction of sp³-hybridized carbons (Fsp3) is 1.00. The van der Waals surface area contributed by atoms with E-state index in [1.165, 1.54) is 19.3 Å². The summed E-state index contributed by atoms with van der Waals surface area (Å²) in [5.74, 6) is 2.22. The minimum Gasteiger partial charge on any atom is -0.380 e. The van der Waals surface area contributed by atoms with E-state index >= 15 is 0 Å². The standard InChI is InChI=1S/C14H29BO/c1-7-12-11(5)13(15-6)16-14(12,8-2)9-10(3)4/h10-13,15H,7-9H2,1-6H3. The third-order valence-corrected chi connectivity index (χ3v) is 4.48. The van der Waals surface area contributed by atoms with E-state index in [0.29, 0.717) is 6.00 Å². The zero-order chi connectivity index (χ0) is 12.3. The molecule has 94 valence electrons. The molecule has 2 heteroatoms. The first-order chi connectivity index (χ1) is 7.50. The van der Waals surface area contributed by atoms with Crippen molar-refractivity contribution in [2.75, 3.05) is 0 Å². The Bertz CT molecular complexity index is 217. The van der Waals surface area contributed by atoms with Crippen molar-refractivity contribution < 1.29 is 4.74 Å². The van der Waals surface area contributed by atoms with Gasteiger partial charge in [-0.2, -0.15) is 0 Å². The van der Waals surface area contributed by atoms with Crippen molar-refractivity contribution in [3.05, 3.63) is 0 Å². The van der Waals surface area contributed by atoms with Crippen LogP contribution in [0.2, 0.25) is 6.82 Å². The zero-order valence-corrected chi connectivity index (χ0v) is 12.0. The van der Waals surface area contributed by atoms with Crippen molar-refractivity contribution in [1.82, 2.24) is 0 Å².